The summed E-state index contributed by atoms with van der Waals surface area (Å²) < 4.78 is 0. The maximum absolute atomic E-state index is 12.9. The van der Waals surface area contributed by atoms with E-state index in [4.69, 9.17) is 12.2 Å². The molecule has 1 heterocycles. The van der Waals surface area contributed by atoms with Crippen molar-refractivity contribution in [1.82, 2.24) is 10.6 Å². The fraction of sp³-hybridized carbons (Fsp3) is 0.158. The van der Waals surface area contributed by atoms with Crippen molar-refractivity contribution in [3.8, 4) is 0 Å². The van der Waals surface area contributed by atoms with Crippen molar-refractivity contribution in [2.24, 2.45) is 0 Å². The molecule has 0 spiro atoms. The first-order valence-electron chi connectivity index (χ1n) is 7.74. The van der Waals surface area contributed by atoms with Crippen molar-refractivity contribution in [1.29, 1.82) is 0 Å². The van der Waals surface area contributed by atoms with E-state index in [-0.39, 0.29) is 11.8 Å². The van der Waals surface area contributed by atoms with Crippen LogP contribution >= 0.6 is 12.2 Å². The minimum Gasteiger partial charge on any atom is -0.351 e. The van der Waals surface area contributed by atoms with Gasteiger partial charge in [-0.2, -0.15) is 0 Å². The molecule has 0 bridgehead atoms. The van der Waals surface area contributed by atoms with Crippen LogP contribution in [0.15, 0.2) is 54.1 Å². The number of fused-ring (bicyclic) bond motifs is 2. The van der Waals surface area contributed by atoms with Crippen LogP contribution in [0.5, 0.6) is 0 Å². The molecule has 2 aliphatic rings. The van der Waals surface area contributed by atoms with Crippen LogP contribution in [0.2, 0.25) is 0 Å². The first-order chi connectivity index (χ1) is 11.2. The minimum absolute atomic E-state index is 0.0778. The molecule has 1 atom stereocenters. The molecule has 2 aromatic carbocycles. The summed E-state index contributed by atoms with van der Waals surface area (Å²) in [5.74, 6) is 0.0778. The lowest BCUT2D eigenvalue weighted by molar-refractivity contribution is 0.103. The minimum atomic E-state index is -0.199. The summed E-state index contributed by atoms with van der Waals surface area (Å²) in [6.45, 7) is 2.12. The average molecular weight is 320 g/mol. The lowest BCUT2D eigenvalue weighted by Gasteiger charge is -2.29. The highest BCUT2D eigenvalue weighted by atomic mass is 32.1. The van der Waals surface area contributed by atoms with Gasteiger partial charge >= 0.3 is 0 Å². The molecule has 4 heteroatoms. The third-order valence-electron chi connectivity index (χ3n) is 4.50. The van der Waals surface area contributed by atoms with Crippen LogP contribution in [0, 0.1) is 0 Å². The van der Waals surface area contributed by atoms with E-state index in [9.17, 15) is 4.79 Å². The van der Waals surface area contributed by atoms with Crippen molar-refractivity contribution in [3.05, 3.63) is 76.4 Å². The molecule has 0 saturated heterocycles. The topological polar surface area (TPSA) is 41.1 Å². The van der Waals surface area contributed by atoms with E-state index >= 15 is 0 Å². The number of hydrogen-bond acceptors (Lipinski definition) is 2. The Bertz CT molecular complexity index is 869. The van der Waals surface area contributed by atoms with Gasteiger partial charge in [0, 0.05) is 11.1 Å². The van der Waals surface area contributed by atoms with Gasteiger partial charge in [0.05, 0.1) is 17.3 Å². The monoisotopic (exact) mass is 320 g/mol. The van der Waals surface area contributed by atoms with Crippen molar-refractivity contribution in [2.45, 2.75) is 19.4 Å². The Kier molecular flexibility index (Phi) is 3.27. The Morgan fingerprint density at radius 1 is 1.04 bits per heavy atom. The fourth-order valence-electron chi connectivity index (χ4n) is 3.44. The predicted molar refractivity (Wildman–Crippen MR) is 95.1 cm³/mol. The Morgan fingerprint density at radius 2 is 1.74 bits per heavy atom. The van der Waals surface area contributed by atoms with Crippen LogP contribution in [-0.2, 0) is 6.42 Å². The molecular formula is C19H16N2OS. The molecule has 0 radical (unpaired) electrons. The number of rotatable bonds is 2. The van der Waals surface area contributed by atoms with Gasteiger partial charge in [-0.3, -0.25) is 4.79 Å². The zero-order chi connectivity index (χ0) is 16.0. The molecule has 2 N–H and O–H groups in total. The van der Waals surface area contributed by atoms with Gasteiger partial charge in [-0.1, -0.05) is 55.5 Å². The molecule has 0 aromatic heterocycles. The van der Waals surface area contributed by atoms with E-state index in [0.717, 1.165) is 34.4 Å². The van der Waals surface area contributed by atoms with E-state index in [0.29, 0.717) is 5.11 Å². The second-order valence-corrected chi connectivity index (χ2v) is 6.16. The second kappa shape index (κ2) is 5.32. The van der Waals surface area contributed by atoms with Gasteiger partial charge in [0.25, 0.3) is 0 Å². The van der Waals surface area contributed by atoms with Crippen LogP contribution in [0.3, 0.4) is 0 Å². The van der Waals surface area contributed by atoms with Gasteiger partial charge in [0.2, 0.25) is 0 Å². The molecule has 2 aromatic rings. The summed E-state index contributed by atoms with van der Waals surface area (Å²) in [4.78, 5) is 12.9. The summed E-state index contributed by atoms with van der Waals surface area (Å²) in [6, 6.07) is 15.7. The van der Waals surface area contributed by atoms with Crippen LogP contribution in [0.4, 0.5) is 0 Å². The van der Waals surface area contributed by atoms with E-state index < -0.39 is 0 Å². The molecule has 4 rings (SSSR count). The van der Waals surface area contributed by atoms with Crippen molar-refractivity contribution in [3.63, 3.8) is 0 Å². The number of thiocarbonyl (C=S) groups is 1. The van der Waals surface area contributed by atoms with Gasteiger partial charge in [-0.05, 0) is 29.8 Å². The second-order valence-electron chi connectivity index (χ2n) is 5.75. The predicted octanol–water partition coefficient (Wildman–Crippen LogP) is 3.38. The molecule has 3 nitrogen and oxygen atoms in total. The molecule has 0 amide bonds. The zero-order valence-electron chi connectivity index (χ0n) is 12.7. The number of nitrogens with one attached hydrogen (secondary N) is 2. The smallest absolute Gasteiger partial charge is 0.194 e. The summed E-state index contributed by atoms with van der Waals surface area (Å²) in [5.41, 5.74) is 5.65. The maximum Gasteiger partial charge on any atom is 0.194 e. The normalized spacial score (nSPS) is 19.1. The largest absolute Gasteiger partial charge is 0.351 e. The molecule has 114 valence electrons. The van der Waals surface area contributed by atoms with E-state index in [1.165, 1.54) is 5.56 Å². The number of hydrogen-bond donors (Lipinski definition) is 2. The Morgan fingerprint density at radius 3 is 2.52 bits per heavy atom. The first-order valence-corrected chi connectivity index (χ1v) is 8.15. The summed E-state index contributed by atoms with van der Waals surface area (Å²) in [6.07, 6.45) is 0.915. The van der Waals surface area contributed by atoms with Gasteiger partial charge in [-0.15, -0.1) is 0 Å². The molecule has 1 aliphatic heterocycles. The summed E-state index contributed by atoms with van der Waals surface area (Å²) >= 11 is 5.39. The molecule has 1 aliphatic carbocycles. The molecule has 0 fully saturated rings. The SMILES string of the molecule is CCc1ccccc1C1NC(=S)NC2=C1C(=O)c1ccccc12. The third-order valence-corrected chi connectivity index (χ3v) is 4.72. The Hall–Kier alpha value is -2.46. The lowest BCUT2D eigenvalue weighted by atomic mass is 9.90. The van der Waals surface area contributed by atoms with Crippen LogP contribution < -0.4 is 10.6 Å². The van der Waals surface area contributed by atoms with E-state index in [2.05, 4.69) is 29.7 Å². The quantitative estimate of drug-likeness (QED) is 0.833. The van der Waals surface area contributed by atoms with Gasteiger partial charge in [0.15, 0.2) is 10.9 Å². The zero-order valence-corrected chi connectivity index (χ0v) is 13.5. The standard InChI is InChI=1S/C19H16N2OS/c1-2-11-7-3-4-8-12(11)16-15-17(21-19(23)20-16)13-9-5-6-10-14(13)18(15)22/h3-10,16H,2H2,1H3,(H2,20,21,23). The van der Waals surface area contributed by atoms with Crippen molar-refractivity contribution in [2.75, 3.05) is 0 Å². The highest BCUT2D eigenvalue weighted by Gasteiger charge is 2.39. The third kappa shape index (κ3) is 2.10. The number of Topliss-reactive ketones (excluding diaryl/α,β-unsaturated/α-hetero) is 1. The number of benzene rings is 2. The van der Waals surface area contributed by atoms with Gasteiger partial charge < -0.3 is 10.6 Å². The maximum atomic E-state index is 12.9. The Labute approximate surface area is 140 Å². The highest BCUT2D eigenvalue weighted by Crippen LogP contribution is 2.40. The first kappa shape index (κ1) is 14.2. The van der Waals surface area contributed by atoms with Crippen LogP contribution in [0.1, 0.15) is 40.0 Å². The number of carbonyl (C=O) groups excluding carboxylic acids is 1. The highest BCUT2D eigenvalue weighted by molar-refractivity contribution is 7.80. The summed E-state index contributed by atoms with van der Waals surface area (Å²) in [7, 11) is 0. The lowest BCUT2D eigenvalue weighted by Crippen LogP contribution is -2.43. The molecule has 23 heavy (non-hydrogen) atoms. The van der Waals surface area contributed by atoms with Gasteiger partial charge in [-0.25, -0.2) is 0 Å². The summed E-state index contributed by atoms with van der Waals surface area (Å²) in [5, 5.41) is 7.03. The van der Waals surface area contributed by atoms with Crippen molar-refractivity contribution >= 4 is 28.8 Å². The molecule has 0 saturated carbocycles. The van der Waals surface area contributed by atoms with Gasteiger partial charge in [0.1, 0.15) is 0 Å². The van der Waals surface area contributed by atoms with E-state index in [1.54, 1.807) is 0 Å². The Balaban J connectivity index is 1.91. The average Bonchev–Trinajstić information content (AvgIpc) is 2.87. The van der Waals surface area contributed by atoms with Crippen LogP contribution in [0.25, 0.3) is 5.70 Å². The molecule has 1 unspecified atom stereocenters. The number of aryl methyl sites for hydroxylation is 1. The van der Waals surface area contributed by atoms with E-state index in [1.807, 2.05) is 36.4 Å². The van der Waals surface area contributed by atoms with Crippen LogP contribution in [-0.4, -0.2) is 10.9 Å². The number of carbonyl (C=O) groups is 1. The number of ketones is 1. The van der Waals surface area contributed by atoms with Crippen molar-refractivity contribution < 1.29 is 4.79 Å². The molecular weight excluding hydrogens is 304 g/mol. The fourth-order valence-corrected chi connectivity index (χ4v) is 3.66.